The summed E-state index contributed by atoms with van der Waals surface area (Å²) in [6, 6.07) is 41.5. The molecule has 5 heteroatoms. The minimum atomic E-state index is -0.659. The third kappa shape index (κ3) is 8.96. The Hall–Kier alpha value is -3.22. The van der Waals surface area contributed by atoms with Gasteiger partial charge < -0.3 is 15.4 Å². The summed E-state index contributed by atoms with van der Waals surface area (Å²) in [5, 5.41) is 25.4. The van der Waals surface area contributed by atoms with Gasteiger partial charge in [-0.15, -0.1) is 0 Å². The number of aliphatic hydroxyl groups excluding tert-OH is 1. The molecule has 0 radical (unpaired) electrons. The molecule has 0 aromatic heterocycles. The van der Waals surface area contributed by atoms with Crippen molar-refractivity contribution in [1.29, 1.82) is 0 Å². The number of nitrogens with zero attached hydrogens (tertiary/aromatic N) is 1. The molecule has 0 aliphatic rings. The SMILES string of the molecule is CB(O)N[C@@H](Cc1ccccc1)C[C@H](O)[C@H](Cc1ccccc1)N(Cc1ccccc1)Cc1ccccc1. The summed E-state index contributed by atoms with van der Waals surface area (Å²) in [4.78, 5) is 2.41. The van der Waals surface area contributed by atoms with Gasteiger partial charge >= 0.3 is 7.05 Å². The van der Waals surface area contributed by atoms with Gasteiger partial charge in [0.2, 0.25) is 0 Å². The van der Waals surface area contributed by atoms with Crippen LogP contribution in [0.25, 0.3) is 0 Å². The van der Waals surface area contributed by atoms with E-state index in [1.807, 2.05) is 36.4 Å². The Balaban J connectivity index is 1.63. The summed E-state index contributed by atoms with van der Waals surface area (Å²) < 4.78 is 0. The average molecular weight is 506 g/mol. The van der Waals surface area contributed by atoms with Gasteiger partial charge in [0.15, 0.2) is 0 Å². The average Bonchev–Trinajstić information content (AvgIpc) is 2.93. The molecule has 196 valence electrons. The molecule has 0 saturated carbocycles. The monoisotopic (exact) mass is 506 g/mol. The van der Waals surface area contributed by atoms with Crippen LogP contribution in [0.2, 0.25) is 6.82 Å². The van der Waals surface area contributed by atoms with Gasteiger partial charge in [-0.3, -0.25) is 4.90 Å². The number of rotatable bonds is 14. The fraction of sp³-hybridized carbons (Fsp3) is 0.273. The molecule has 3 N–H and O–H groups in total. The summed E-state index contributed by atoms with van der Waals surface area (Å²) in [5.74, 6) is 0. The predicted octanol–water partition coefficient (Wildman–Crippen LogP) is 5.36. The molecule has 0 heterocycles. The zero-order chi connectivity index (χ0) is 26.6. The highest BCUT2D eigenvalue weighted by molar-refractivity contribution is 6.45. The number of hydrogen-bond donors (Lipinski definition) is 3. The second-order valence-corrected chi connectivity index (χ2v) is 10.2. The van der Waals surface area contributed by atoms with Crippen LogP contribution in [0, 0.1) is 0 Å². The summed E-state index contributed by atoms with van der Waals surface area (Å²) in [6.45, 7) is 3.21. The van der Waals surface area contributed by atoms with Crippen LogP contribution in [-0.2, 0) is 25.9 Å². The molecule has 0 bridgehead atoms. The number of aliphatic hydroxyl groups is 1. The van der Waals surface area contributed by atoms with Crippen LogP contribution >= 0.6 is 0 Å². The Morgan fingerprint density at radius 3 is 1.45 bits per heavy atom. The fourth-order valence-corrected chi connectivity index (χ4v) is 5.19. The van der Waals surface area contributed by atoms with E-state index >= 15 is 0 Å². The second kappa shape index (κ2) is 14.7. The second-order valence-electron chi connectivity index (χ2n) is 10.2. The van der Waals surface area contributed by atoms with E-state index in [9.17, 15) is 10.1 Å². The van der Waals surface area contributed by atoms with Gasteiger partial charge in [-0.1, -0.05) is 121 Å². The smallest absolute Gasteiger partial charge is 0.373 e. The van der Waals surface area contributed by atoms with Gasteiger partial charge in [0.25, 0.3) is 0 Å². The fourth-order valence-electron chi connectivity index (χ4n) is 5.19. The largest absolute Gasteiger partial charge is 0.437 e. The summed E-state index contributed by atoms with van der Waals surface area (Å²) in [6.07, 6.45) is 1.38. The molecule has 0 saturated heterocycles. The lowest BCUT2D eigenvalue weighted by molar-refractivity contribution is 0.0289. The highest BCUT2D eigenvalue weighted by Crippen LogP contribution is 2.22. The maximum absolute atomic E-state index is 11.9. The van der Waals surface area contributed by atoms with Crippen LogP contribution in [0.5, 0.6) is 0 Å². The third-order valence-corrected chi connectivity index (χ3v) is 6.99. The summed E-state index contributed by atoms with van der Waals surface area (Å²) in [7, 11) is -0.659. The Labute approximate surface area is 228 Å². The molecule has 38 heavy (non-hydrogen) atoms. The molecule has 0 aliphatic heterocycles. The summed E-state index contributed by atoms with van der Waals surface area (Å²) >= 11 is 0. The van der Waals surface area contributed by atoms with Crippen molar-refractivity contribution < 1.29 is 10.1 Å². The highest BCUT2D eigenvalue weighted by Gasteiger charge is 2.30. The lowest BCUT2D eigenvalue weighted by Gasteiger charge is -2.37. The molecule has 0 spiro atoms. The Bertz CT molecular complexity index is 1140. The van der Waals surface area contributed by atoms with E-state index < -0.39 is 13.2 Å². The first-order chi connectivity index (χ1) is 18.6. The normalized spacial score (nSPS) is 13.7. The molecule has 4 rings (SSSR count). The van der Waals surface area contributed by atoms with Crippen LogP contribution in [0.4, 0.5) is 0 Å². The molecule has 0 aliphatic carbocycles. The highest BCUT2D eigenvalue weighted by atomic mass is 16.3. The molecule has 4 aromatic carbocycles. The molecule has 4 aromatic rings. The minimum Gasteiger partial charge on any atom is -0.437 e. The van der Waals surface area contributed by atoms with Crippen LogP contribution < -0.4 is 5.23 Å². The van der Waals surface area contributed by atoms with Gasteiger partial charge in [-0.2, -0.15) is 0 Å². The van der Waals surface area contributed by atoms with Crippen LogP contribution in [0.15, 0.2) is 121 Å². The van der Waals surface area contributed by atoms with E-state index in [4.69, 9.17) is 0 Å². The van der Waals surface area contributed by atoms with E-state index in [0.717, 1.165) is 25.9 Å². The Morgan fingerprint density at radius 2 is 1.03 bits per heavy atom. The Kier molecular flexibility index (Phi) is 10.7. The number of nitrogens with one attached hydrogen (secondary N) is 1. The van der Waals surface area contributed by atoms with Crippen LogP contribution in [0.1, 0.15) is 28.7 Å². The van der Waals surface area contributed by atoms with Gasteiger partial charge in [0.1, 0.15) is 0 Å². The quantitative estimate of drug-likeness (QED) is 0.202. The summed E-state index contributed by atoms with van der Waals surface area (Å²) in [5.41, 5.74) is 4.82. The molecule has 0 fully saturated rings. The van der Waals surface area contributed by atoms with E-state index in [1.165, 1.54) is 22.3 Å². The topological polar surface area (TPSA) is 55.7 Å². The van der Waals surface area contributed by atoms with Crippen molar-refractivity contribution in [2.24, 2.45) is 0 Å². The number of benzene rings is 4. The molecule has 4 nitrogen and oxygen atoms in total. The minimum absolute atomic E-state index is 0.0685. The van der Waals surface area contributed by atoms with Crippen LogP contribution in [0.3, 0.4) is 0 Å². The van der Waals surface area contributed by atoms with Crippen molar-refractivity contribution in [2.75, 3.05) is 0 Å². The van der Waals surface area contributed by atoms with Crippen molar-refractivity contribution in [3.63, 3.8) is 0 Å². The molecule has 3 atom stereocenters. The zero-order valence-corrected chi connectivity index (χ0v) is 22.2. The van der Waals surface area contributed by atoms with Gasteiger partial charge in [-0.05, 0) is 48.3 Å². The zero-order valence-electron chi connectivity index (χ0n) is 22.2. The number of hydrogen-bond acceptors (Lipinski definition) is 4. The molecular formula is C33H39BN2O2. The van der Waals surface area contributed by atoms with E-state index in [2.05, 4.69) is 95.1 Å². The maximum atomic E-state index is 11.9. The molecule has 0 unspecified atom stereocenters. The van der Waals surface area contributed by atoms with Crippen molar-refractivity contribution in [1.82, 2.24) is 10.1 Å². The molecule has 0 amide bonds. The van der Waals surface area contributed by atoms with Gasteiger partial charge in [-0.25, -0.2) is 0 Å². The van der Waals surface area contributed by atoms with Crippen molar-refractivity contribution in [3.05, 3.63) is 144 Å². The maximum Gasteiger partial charge on any atom is 0.373 e. The first kappa shape index (κ1) is 27.8. The predicted molar refractivity (Wildman–Crippen MR) is 158 cm³/mol. The standard InChI is InChI=1S/C33H39BN2O2/c1-34(38)35-31(22-27-14-6-2-7-15-27)24-33(37)32(23-28-16-8-3-9-17-28)36(25-29-18-10-4-11-19-29)26-30-20-12-5-13-21-30/h2-21,31-33,35,37-38H,22-26H2,1H3/t31-,32-,33-/m0/s1. The van der Waals surface area contributed by atoms with Crippen molar-refractivity contribution in [2.45, 2.75) is 57.4 Å². The van der Waals surface area contributed by atoms with Crippen molar-refractivity contribution >= 4 is 7.05 Å². The van der Waals surface area contributed by atoms with Crippen LogP contribution in [-0.4, -0.2) is 40.3 Å². The van der Waals surface area contributed by atoms with E-state index in [0.29, 0.717) is 6.42 Å². The lowest BCUT2D eigenvalue weighted by Crippen LogP contribution is -2.49. The first-order valence-corrected chi connectivity index (χ1v) is 13.6. The third-order valence-electron chi connectivity index (χ3n) is 6.99. The molecular weight excluding hydrogens is 467 g/mol. The van der Waals surface area contributed by atoms with Crippen molar-refractivity contribution in [3.8, 4) is 0 Å². The Morgan fingerprint density at radius 1 is 0.632 bits per heavy atom. The lowest BCUT2D eigenvalue weighted by atomic mass is 9.83. The first-order valence-electron chi connectivity index (χ1n) is 13.6. The van der Waals surface area contributed by atoms with E-state index in [-0.39, 0.29) is 12.1 Å². The van der Waals surface area contributed by atoms with Gasteiger partial charge in [0, 0.05) is 25.2 Å². The van der Waals surface area contributed by atoms with Gasteiger partial charge in [0.05, 0.1) is 6.10 Å². The van der Waals surface area contributed by atoms with E-state index in [1.54, 1.807) is 6.82 Å².